The molecule has 0 fully saturated rings. The van der Waals surface area contributed by atoms with Crippen LogP contribution in [0.5, 0.6) is 5.75 Å². The average Bonchev–Trinajstić information content (AvgIpc) is 2.42. The van der Waals surface area contributed by atoms with E-state index in [2.05, 4.69) is 29.1 Å². The second kappa shape index (κ2) is 8.31. The Kier molecular flexibility index (Phi) is 6.67. The second-order valence-electron chi connectivity index (χ2n) is 4.55. The molecule has 1 rings (SSSR count). The summed E-state index contributed by atoms with van der Waals surface area (Å²) in [5.41, 5.74) is 5.91. The zero-order valence-corrected chi connectivity index (χ0v) is 11.5. The van der Waals surface area contributed by atoms with Gasteiger partial charge in [0, 0.05) is 6.20 Å². The van der Waals surface area contributed by atoms with Crippen LogP contribution in [0.1, 0.15) is 25.0 Å². The molecule has 0 aromatic carbocycles. The molecule has 0 aliphatic rings. The number of rotatable bonds is 8. The fraction of sp³-hybridized carbons (Fsp3) is 0.538. The van der Waals surface area contributed by atoms with Crippen molar-refractivity contribution < 1.29 is 9.94 Å². The van der Waals surface area contributed by atoms with E-state index >= 15 is 0 Å². The van der Waals surface area contributed by atoms with Gasteiger partial charge in [0.25, 0.3) is 0 Å². The molecule has 6 nitrogen and oxygen atoms in total. The van der Waals surface area contributed by atoms with Crippen molar-refractivity contribution in [2.24, 2.45) is 10.9 Å². The SMILES string of the molecule is CN(C)CCCCCOc1cccnc1C(N)=NO. The van der Waals surface area contributed by atoms with Crippen molar-refractivity contribution in [2.75, 3.05) is 27.2 Å². The summed E-state index contributed by atoms with van der Waals surface area (Å²) in [5.74, 6) is 0.508. The third-order valence-corrected chi connectivity index (χ3v) is 2.63. The normalized spacial score (nSPS) is 11.8. The fourth-order valence-corrected chi connectivity index (χ4v) is 1.64. The maximum Gasteiger partial charge on any atom is 0.192 e. The minimum Gasteiger partial charge on any atom is -0.491 e. The summed E-state index contributed by atoms with van der Waals surface area (Å²) in [6, 6.07) is 3.52. The Morgan fingerprint density at radius 2 is 2.21 bits per heavy atom. The van der Waals surface area contributed by atoms with Gasteiger partial charge in [-0.25, -0.2) is 4.98 Å². The van der Waals surface area contributed by atoms with Crippen molar-refractivity contribution in [3.8, 4) is 5.75 Å². The van der Waals surface area contributed by atoms with E-state index in [9.17, 15) is 0 Å². The summed E-state index contributed by atoms with van der Waals surface area (Å²) >= 11 is 0. The van der Waals surface area contributed by atoms with Crippen molar-refractivity contribution in [3.05, 3.63) is 24.0 Å². The monoisotopic (exact) mass is 266 g/mol. The van der Waals surface area contributed by atoms with E-state index in [0.717, 1.165) is 25.8 Å². The molecule has 1 heterocycles. The van der Waals surface area contributed by atoms with E-state index in [-0.39, 0.29) is 5.84 Å². The predicted octanol–water partition coefficient (Wildman–Crippen LogP) is 1.29. The molecule has 0 bridgehead atoms. The van der Waals surface area contributed by atoms with Crippen LogP contribution < -0.4 is 10.5 Å². The quantitative estimate of drug-likeness (QED) is 0.243. The molecule has 0 amide bonds. The highest BCUT2D eigenvalue weighted by Crippen LogP contribution is 2.15. The van der Waals surface area contributed by atoms with Crippen molar-refractivity contribution in [1.29, 1.82) is 0 Å². The summed E-state index contributed by atoms with van der Waals surface area (Å²) in [7, 11) is 4.13. The molecule has 0 saturated carbocycles. The van der Waals surface area contributed by atoms with Gasteiger partial charge in [0.2, 0.25) is 0 Å². The van der Waals surface area contributed by atoms with Gasteiger partial charge in [0.15, 0.2) is 11.5 Å². The van der Waals surface area contributed by atoms with Gasteiger partial charge in [0.05, 0.1) is 6.61 Å². The number of aromatic nitrogens is 1. The molecular weight excluding hydrogens is 244 g/mol. The number of nitrogens with zero attached hydrogens (tertiary/aromatic N) is 3. The number of amidine groups is 1. The first kappa shape index (κ1) is 15.2. The Labute approximate surface area is 113 Å². The minimum atomic E-state index is -0.0387. The Bertz CT molecular complexity index is 407. The maximum atomic E-state index is 8.67. The Hall–Kier alpha value is -1.82. The molecule has 0 aliphatic heterocycles. The van der Waals surface area contributed by atoms with E-state index < -0.39 is 0 Å². The number of ether oxygens (including phenoxy) is 1. The smallest absolute Gasteiger partial charge is 0.192 e. The molecular formula is C13H22N4O2. The van der Waals surface area contributed by atoms with Crippen LogP contribution in [0.3, 0.4) is 0 Å². The topological polar surface area (TPSA) is 84.0 Å². The largest absolute Gasteiger partial charge is 0.491 e. The third kappa shape index (κ3) is 5.56. The van der Waals surface area contributed by atoms with Crippen LogP contribution in [0.25, 0.3) is 0 Å². The van der Waals surface area contributed by atoms with E-state index in [1.165, 1.54) is 0 Å². The zero-order valence-electron chi connectivity index (χ0n) is 11.5. The second-order valence-corrected chi connectivity index (χ2v) is 4.55. The molecule has 0 aliphatic carbocycles. The predicted molar refractivity (Wildman–Crippen MR) is 74.6 cm³/mol. The molecule has 0 atom stereocenters. The van der Waals surface area contributed by atoms with Gasteiger partial charge < -0.3 is 20.6 Å². The first-order chi connectivity index (χ1) is 9.15. The molecule has 3 N–H and O–H groups in total. The van der Waals surface area contributed by atoms with Crippen LogP contribution >= 0.6 is 0 Å². The van der Waals surface area contributed by atoms with Gasteiger partial charge in [-0.1, -0.05) is 5.16 Å². The lowest BCUT2D eigenvalue weighted by Gasteiger charge is -2.11. The molecule has 19 heavy (non-hydrogen) atoms. The van der Waals surface area contributed by atoms with Crippen LogP contribution in [0.4, 0.5) is 0 Å². The summed E-state index contributed by atoms with van der Waals surface area (Å²) in [4.78, 5) is 6.21. The van der Waals surface area contributed by atoms with Crippen molar-refractivity contribution in [3.63, 3.8) is 0 Å². The third-order valence-electron chi connectivity index (χ3n) is 2.63. The summed E-state index contributed by atoms with van der Waals surface area (Å²) in [6.45, 7) is 1.69. The number of pyridine rings is 1. The van der Waals surface area contributed by atoms with Gasteiger partial charge in [-0.05, 0) is 52.0 Å². The lowest BCUT2D eigenvalue weighted by Crippen LogP contribution is -2.17. The van der Waals surface area contributed by atoms with E-state index in [1.807, 2.05) is 0 Å². The summed E-state index contributed by atoms with van der Waals surface area (Å²) in [5, 5.41) is 11.6. The Morgan fingerprint density at radius 1 is 1.42 bits per heavy atom. The fourth-order valence-electron chi connectivity index (χ4n) is 1.64. The summed E-state index contributed by atoms with van der Waals surface area (Å²) in [6.07, 6.45) is 4.81. The minimum absolute atomic E-state index is 0.0387. The van der Waals surface area contributed by atoms with Gasteiger partial charge in [-0.2, -0.15) is 0 Å². The first-order valence-corrected chi connectivity index (χ1v) is 6.35. The van der Waals surface area contributed by atoms with Crippen LogP contribution in [0.2, 0.25) is 0 Å². The number of unbranched alkanes of at least 4 members (excludes halogenated alkanes) is 2. The molecule has 1 aromatic heterocycles. The van der Waals surface area contributed by atoms with Crippen molar-refractivity contribution in [2.45, 2.75) is 19.3 Å². The molecule has 106 valence electrons. The van der Waals surface area contributed by atoms with Gasteiger partial charge >= 0.3 is 0 Å². The molecule has 0 unspecified atom stereocenters. The Balaban J connectivity index is 2.37. The van der Waals surface area contributed by atoms with Crippen LogP contribution in [0.15, 0.2) is 23.5 Å². The molecule has 1 aromatic rings. The van der Waals surface area contributed by atoms with Crippen molar-refractivity contribution >= 4 is 5.84 Å². The number of hydrogen-bond donors (Lipinski definition) is 2. The summed E-state index contributed by atoms with van der Waals surface area (Å²) < 4.78 is 5.62. The highest BCUT2D eigenvalue weighted by molar-refractivity contribution is 5.97. The maximum absolute atomic E-state index is 8.67. The highest BCUT2D eigenvalue weighted by Gasteiger charge is 2.08. The standard InChI is InChI=1S/C13H22N4O2/c1-17(2)9-4-3-5-10-19-11-7-6-8-15-12(11)13(14)16-18/h6-8,18H,3-5,9-10H2,1-2H3,(H2,14,16). The van der Waals surface area contributed by atoms with E-state index in [0.29, 0.717) is 18.1 Å². The van der Waals surface area contributed by atoms with Crippen LogP contribution in [-0.4, -0.2) is 48.2 Å². The van der Waals surface area contributed by atoms with Gasteiger partial charge in [0.1, 0.15) is 5.75 Å². The zero-order chi connectivity index (χ0) is 14.1. The molecule has 6 heteroatoms. The van der Waals surface area contributed by atoms with E-state index in [4.69, 9.17) is 15.7 Å². The number of oxime groups is 1. The first-order valence-electron chi connectivity index (χ1n) is 6.35. The van der Waals surface area contributed by atoms with Crippen molar-refractivity contribution in [1.82, 2.24) is 9.88 Å². The van der Waals surface area contributed by atoms with Crippen LogP contribution in [-0.2, 0) is 0 Å². The highest BCUT2D eigenvalue weighted by atomic mass is 16.5. The lowest BCUT2D eigenvalue weighted by molar-refractivity contribution is 0.296. The van der Waals surface area contributed by atoms with E-state index in [1.54, 1.807) is 18.3 Å². The molecule has 0 radical (unpaired) electrons. The van der Waals surface area contributed by atoms with Crippen LogP contribution in [0, 0.1) is 0 Å². The van der Waals surface area contributed by atoms with Gasteiger partial charge in [-0.15, -0.1) is 0 Å². The number of hydrogen-bond acceptors (Lipinski definition) is 5. The number of nitrogens with two attached hydrogens (primary N) is 1. The molecule has 0 spiro atoms. The molecule has 0 saturated heterocycles. The Morgan fingerprint density at radius 3 is 2.89 bits per heavy atom. The lowest BCUT2D eigenvalue weighted by atomic mass is 10.2. The van der Waals surface area contributed by atoms with Gasteiger partial charge in [-0.3, -0.25) is 0 Å². The average molecular weight is 266 g/mol.